The number of nitrogens with one attached hydrogen (secondary N) is 2. The van der Waals surface area contributed by atoms with Gasteiger partial charge in [0.25, 0.3) is 0 Å². The van der Waals surface area contributed by atoms with E-state index in [1.54, 1.807) is 4.57 Å². The third-order valence-electron chi connectivity index (χ3n) is 5.84. The zero-order valence-corrected chi connectivity index (χ0v) is 18.1. The topological polar surface area (TPSA) is 98.2 Å². The standard InChI is InChI=1S/C21H28N4O4S/c1-2-9-25-19(27)23-24-20(25)30-13-18(26)22-14-21(7-3-4-8-21)15-5-6-16-17(12-15)29-11-10-28-16/h5-6,12H,2-4,7-11,13-14H2,1H3,(H,22,26)(H,23,27). The maximum absolute atomic E-state index is 12.6. The van der Waals surface area contributed by atoms with Gasteiger partial charge in [0, 0.05) is 18.5 Å². The van der Waals surface area contributed by atoms with Crippen molar-refractivity contribution >= 4 is 17.7 Å². The Morgan fingerprint density at radius 2 is 2.03 bits per heavy atom. The van der Waals surface area contributed by atoms with Gasteiger partial charge in [-0.2, -0.15) is 0 Å². The first-order valence-corrected chi connectivity index (χ1v) is 11.5. The Labute approximate surface area is 179 Å². The number of rotatable bonds is 8. The number of benzene rings is 1. The molecule has 1 fully saturated rings. The van der Waals surface area contributed by atoms with E-state index in [0.29, 0.717) is 31.5 Å². The molecular weight excluding hydrogens is 404 g/mol. The van der Waals surface area contributed by atoms with Crippen LogP contribution in [0.15, 0.2) is 28.2 Å². The zero-order chi connectivity index (χ0) is 21.0. The zero-order valence-electron chi connectivity index (χ0n) is 17.2. The summed E-state index contributed by atoms with van der Waals surface area (Å²) in [7, 11) is 0. The number of H-pyrrole nitrogens is 1. The van der Waals surface area contributed by atoms with Crippen molar-refractivity contribution in [3.8, 4) is 11.5 Å². The van der Waals surface area contributed by atoms with E-state index in [4.69, 9.17) is 9.47 Å². The first-order valence-electron chi connectivity index (χ1n) is 10.6. The van der Waals surface area contributed by atoms with Crippen molar-refractivity contribution in [3.63, 3.8) is 0 Å². The smallest absolute Gasteiger partial charge is 0.343 e. The third-order valence-corrected chi connectivity index (χ3v) is 6.82. The summed E-state index contributed by atoms with van der Waals surface area (Å²) in [6.45, 7) is 4.32. The van der Waals surface area contributed by atoms with Crippen molar-refractivity contribution < 1.29 is 14.3 Å². The van der Waals surface area contributed by atoms with Crippen LogP contribution in [0.2, 0.25) is 0 Å². The van der Waals surface area contributed by atoms with E-state index >= 15 is 0 Å². The Hall–Kier alpha value is -2.42. The Morgan fingerprint density at radius 1 is 1.27 bits per heavy atom. The van der Waals surface area contributed by atoms with Crippen LogP contribution >= 0.6 is 11.8 Å². The third kappa shape index (κ3) is 4.35. The van der Waals surface area contributed by atoms with Crippen molar-refractivity contribution in [2.75, 3.05) is 25.5 Å². The van der Waals surface area contributed by atoms with Gasteiger partial charge < -0.3 is 14.8 Å². The van der Waals surface area contributed by atoms with Gasteiger partial charge in [0.05, 0.1) is 5.75 Å². The van der Waals surface area contributed by atoms with E-state index in [0.717, 1.165) is 43.6 Å². The largest absolute Gasteiger partial charge is 0.486 e. The second kappa shape index (κ2) is 9.16. The summed E-state index contributed by atoms with van der Waals surface area (Å²) in [5.74, 6) is 1.75. The van der Waals surface area contributed by atoms with Crippen molar-refractivity contribution in [2.45, 2.75) is 56.1 Å². The van der Waals surface area contributed by atoms with Gasteiger partial charge in [-0.25, -0.2) is 9.89 Å². The lowest BCUT2D eigenvalue weighted by molar-refractivity contribution is -0.118. The minimum atomic E-state index is -0.233. The number of ether oxygens (including phenoxy) is 2. The molecule has 162 valence electrons. The van der Waals surface area contributed by atoms with Gasteiger partial charge in [-0.1, -0.05) is 37.6 Å². The summed E-state index contributed by atoms with van der Waals surface area (Å²) in [4.78, 5) is 24.3. The minimum absolute atomic E-state index is 0.0534. The first kappa shape index (κ1) is 20.8. The summed E-state index contributed by atoms with van der Waals surface area (Å²) in [6.07, 6.45) is 5.20. The highest BCUT2D eigenvalue weighted by atomic mass is 32.2. The predicted octanol–water partition coefficient (Wildman–Crippen LogP) is 2.47. The molecule has 0 unspecified atom stereocenters. The molecule has 1 aromatic heterocycles. The Kier molecular flexibility index (Phi) is 6.36. The number of aromatic amines is 1. The normalized spacial score (nSPS) is 17.1. The summed E-state index contributed by atoms with van der Waals surface area (Å²) in [5, 5.41) is 10.2. The molecule has 9 heteroatoms. The van der Waals surface area contributed by atoms with Gasteiger partial charge in [-0.05, 0) is 37.0 Å². The molecule has 1 amide bonds. The minimum Gasteiger partial charge on any atom is -0.486 e. The molecular formula is C21H28N4O4S. The van der Waals surface area contributed by atoms with Gasteiger partial charge in [0.2, 0.25) is 5.91 Å². The number of nitrogens with zero attached hydrogens (tertiary/aromatic N) is 2. The average molecular weight is 433 g/mol. The predicted molar refractivity (Wildman–Crippen MR) is 114 cm³/mol. The number of thioether (sulfide) groups is 1. The highest BCUT2D eigenvalue weighted by molar-refractivity contribution is 7.99. The first-order chi connectivity index (χ1) is 14.6. The van der Waals surface area contributed by atoms with Gasteiger partial charge in [-0.15, -0.1) is 5.10 Å². The fourth-order valence-corrected chi connectivity index (χ4v) is 5.08. The molecule has 0 atom stereocenters. The molecule has 2 N–H and O–H groups in total. The van der Waals surface area contributed by atoms with Gasteiger partial charge in [-0.3, -0.25) is 9.36 Å². The van der Waals surface area contributed by atoms with Gasteiger partial charge >= 0.3 is 5.69 Å². The summed E-state index contributed by atoms with van der Waals surface area (Å²) < 4.78 is 13.0. The number of amides is 1. The Morgan fingerprint density at radius 3 is 2.80 bits per heavy atom. The molecule has 1 saturated carbocycles. The molecule has 0 radical (unpaired) electrons. The van der Waals surface area contributed by atoms with Crippen LogP contribution in [-0.2, 0) is 16.8 Å². The van der Waals surface area contributed by atoms with Gasteiger partial charge in [0.15, 0.2) is 16.7 Å². The van der Waals surface area contributed by atoms with Crippen molar-refractivity contribution in [2.24, 2.45) is 0 Å². The second-order valence-electron chi connectivity index (χ2n) is 7.87. The van der Waals surface area contributed by atoms with Crippen LogP contribution in [0.5, 0.6) is 11.5 Å². The SMILES string of the molecule is CCCn1c(SCC(=O)NCC2(c3ccc4c(c3)OCCO4)CCCC2)n[nH]c1=O. The molecule has 2 aromatic rings. The van der Waals surface area contributed by atoms with Crippen LogP contribution in [-0.4, -0.2) is 46.2 Å². The summed E-state index contributed by atoms with van der Waals surface area (Å²) in [6, 6.07) is 6.16. The van der Waals surface area contributed by atoms with Crippen LogP contribution in [0.4, 0.5) is 0 Å². The number of hydrogen-bond donors (Lipinski definition) is 2. The molecule has 4 rings (SSSR count). The van der Waals surface area contributed by atoms with Crippen LogP contribution in [0.1, 0.15) is 44.6 Å². The maximum atomic E-state index is 12.6. The quantitative estimate of drug-likeness (QED) is 0.622. The lowest BCUT2D eigenvalue weighted by Gasteiger charge is -2.31. The highest BCUT2D eigenvalue weighted by Crippen LogP contribution is 2.43. The maximum Gasteiger partial charge on any atom is 0.343 e. The van der Waals surface area contributed by atoms with E-state index in [1.807, 2.05) is 13.0 Å². The van der Waals surface area contributed by atoms with E-state index in [2.05, 4.69) is 27.6 Å². The lowest BCUT2D eigenvalue weighted by Crippen LogP contribution is -2.39. The summed E-state index contributed by atoms with van der Waals surface area (Å²) in [5.41, 5.74) is 0.886. The fraction of sp³-hybridized carbons (Fsp3) is 0.571. The molecule has 30 heavy (non-hydrogen) atoms. The van der Waals surface area contributed by atoms with Crippen molar-refractivity contribution in [1.29, 1.82) is 0 Å². The van der Waals surface area contributed by atoms with Crippen LogP contribution in [0.3, 0.4) is 0 Å². The second-order valence-corrected chi connectivity index (χ2v) is 8.82. The molecule has 0 saturated heterocycles. The monoisotopic (exact) mass is 432 g/mol. The van der Waals surface area contributed by atoms with Gasteiger partial charge in [0.1, 0.15) is 13.2 Å². The number of aromatic nitrogens is 3. The van der Waals surface area contributed by atoms with E-state index in [1.165, 1.54) is 17.3 Å². The van der Waals surface area contributed by atoms with Crippen LogP contribution in [0.25, 0.3) is 0 Å². The number of hydrogen-bond acceptors (Lipinski definition) is 6. The van der Waals surface area contributed by atoms with Crippen LogP contribution in [0, 0.1) is 0 Å². The highest BCUT2D eigenvalue weighted by Gasteiger charge is 2.36. The van der Waals surface area contributed by atoms with Crippen molar-refractivity contribution in [3.05, 3.63) is 34.2 Å². The fourth-order valence-electron chi connectivity index (χ4n) is 4.28. The molecule has 2 aliphatic rings. The molecule has 1 aromatic carbocycles. The van der Waals surface area contributed by atoms with Crippen molar-refractivity contribution in [1.82, 2.24) is 20.1 Å². The van der Waals surface area contributed by atoms with E-state index < -0.39 is 0 Å². The Bertz CT molecular complexity index is 949. The van der Waals surface area contributed by atoms with E-state index in [-0.39, 0.29) is 22.8 Å². The van der Waals surface area contributed by atoms with Crippen LogP contribution < -0.4 is 20.5 Å². The molecule has 1 aliphatic carbocycles. The average Bonchev–Trinajstić information content (AvgIpc) is 3.39. The lowest BCUT2D eigenvalue weighted by atomic mass is 9.78. The molecule has 2 heterocycles. The molecule has 0 bridgehead atoms. The summed E-state index contributed by atoms with van der Waals surface area (Å²) >= 11 is 1.28. The molecule has 1 aliphatic heterocycles. The molecule has 0 spiro atoms. The number of carbonyl (C=O) groups excluding carboxylic acids is 1. The Balaban J connectivity index is 1.39. The number of carbonyl (C=O) groups is 1. The number of fused-ring (bicyclic) bond motifs is 1. The van der Waals surface area contributed by atoms with E-state index in [9.17, 15) is 9.59 Å². The molecule has 8 nitrogen and oxygen atoms in total.